The quantitative estimate of drug-likeness (QED) is 0.291. The van der Waals surface area contributed by atoms with Crippen LogP contribution in [0.4, 0.5) is 4.39 Å². The molecule has 2 atom stereocenters. The van der Waals surface area contributed by atoms with Gasteiger partial charge in [-0.3, -0.25) is 9.79 Å². The lowest BCUT2D eigenvalue weighted by Crippen LogP contribution is -2.09. The fourth-order valence-corrected chi connectivity index (χ4v) is 5.88. The second-order valence-corrected chi connectivity index (χ2v) is 10.1. The monoisotopic (exact) mass is 528 g/mol. The average molecular weight is 529 g/mol. The number of fused-ring (bicyclic) bond motifs is 2. The average Bonchev–Trinajstić information content (AvgIpc) is 3.52. The van der Waals surface area contributed by atoms with Crippen LogP contribution in [0.3, 0.4) is 0 Å². The number of aliphatic imine (C=N–C) groups is 1. The van der Waals surface area contributed by atoms with E-state index in [4.69, 9.17) is 19.9 Å². The molecule has 7 heteroatoms. The van der Waals surface area contributed by atoms with Gasteiger partial charge in [-0.15, -0.1) is 0 Å². The van der Waals surface area contributed by atoms with Crippen LogP contribution in [-0.2, 0) is 16.0 Å². The molecule has 3 aromatic carbocycles. The summed E-state index contributed by atoms with van der Waals surface area (Å²) in [6, 6.07) is 13.2. The summed E-state index contributed by atoms with van der Waals surface area (Å²) >= 11 is 0. The molecule has 0 unspecified atom stereocenters. The van der Waals surface area contributed by atoms with Crippen molar-refractivity contribution in [1.29, 1.82) is 0 Å². The summed E-state index contributed by atoms with van der Waals surface area (Å²) in [4.78, 5) is 15.8. The third-order valence-corrected chi connectivity index (χ3v) is 7.65. The lowest BCUT2D eigenvalue weighted by Gasteiger charge is -2.19. The SMILES string of the molecule is CN=C/C(=C\N)c1cc(C)c(-c2ccc(F)c3c2CC[C@H]3Oc2ccc3c(c2)OC[C@H]3CC(=O)OC)c(C)c1. The number of halogens is 1. The molecule has 6 nitrogen and oxygen atoms in total. The Kier molecular flexibility index (Phi) is 7.42. The molecule has 0 spiro atoms. The van der Waals surface area contributed by atoms with Gasteiger partial charge >= 0.3 is 5.97 Å². The zero-order valence-corrected chi connectivity index (χ0v) is 22.7. The molecule has 0 amide bonds. The van der Waals surface area contributed by atoms with Crippen molar-refractivity contribution in [1.82, 2.24) is 0 Å². The molecule has 5 rings (SSSR count). The van der Waals surface area contributed by atoms with Gasteiger partial charge in [0.2, 0.25) is 0 Å². The number of methoxy groups -OCH3 is 1. The van der Waals surface area contributed by atoms with Gasteiger partial charge in [0, 0.05) is 48.1 Å². The number of carbonyl (C=O) groups excluding carboxylic acids is 1. The van der Waals surface area contributed by atoms with E-state index in [-0.39, 0.29) is 24.1 Å². The molecule has 39 heavy (non-hydrogen) atoms. The molecule has 3 aromatic rings. The number of rotatable bonds is 7. The summed E-state index contributed by atoms with van der Waals surface area (Å²) in [7, 11) is 3.10. The second kappa shape index (κ2) is 10.9. The van der Waals surface area contributed by atoms with Crippen LogP contribution < -0.4 is 15.2 Å². The number of carbonyl (C=O) groups is 1. The number of nitrogens with zero attached hydrogens (tertiary/aromatic N) is 1. The van der Waals surface area contributed by atoms with Crippen molar-refractivity contribution in [2.24, 2.45) is 10.7 Å². The van der Waals surface area contributed by atoms with Crippen LogP contribution in [0.15, 0.2) is 53.7 Å². The van der Waals surface area contributed by atoms with E-state index in [0.717, 1.165) is 44.5 Å². The molecule has 1 heterocycles. The summed E-state index contributed by atoms with van der Waals surface area (Å²) in [5.41, 5.74) is 14.5. The molecule has 0 radical (unpaired) electrons. The molecule has 0 bridgehead atoms. The maximum Gasteiger partial charge on any atom is 0.306 e. The minimum Gasteiger partial charge on any atom is -0.492 e. The molecule has 0 aromatic heterocycles. The Balaban J connectivity index is 1.44. The maximum atomic E-state index is 15.3. The van der Waals surface area contributed by atoms with Gasteiger partial charge in [0.25, 0.3) is 0 Å². The number of ether oxygens (including phenoxy) is 3. The molecule has 2 aliphatic rings. The number of esters is 1. The number of hydrogen-bond donors (Lipinski definition) is 1. The minimum absolute atomic E-state index is 0.0442. The van der Waals surface area contributed by atoms with Crippen LogP contribution in [0.2, 0.25) is 0 Å². The zero-order valence-electron chi connectivity index (χ0n) is 22.7. The molecule has 1 aliphatic heterocycles. The summed E-state index contributed by atoms with van der Waals surface area (Å²) in [6.07, 6.45) is 4.56. The van der Waals surface area contributed by atoms with Gasteiger partial charge < -0.3 is 19.9 Å². The van der Waals surface area contributed by atoms with Crippen LogP contribution in [-0.4, -0.2) is 32.9 Å². The van der Waals surface area contributed by atoms with E-state index in [0.29, 0.717) is 36.5 Å². The summed E-state index contributed by atoms with van der Waals surface area (Å²) in [5, 5.41) is 0. The number of aryl methyl sites for hydroxylation is 2. The largest absolute Gasteiger partial charge is 0.492 e. The van der Waals surface area contributed by atoms with Crippen LogP contribution >= 0.6 is 0 Å². The van der Waals surface area contributed by atoms with E-state index in [1.54, 1.807) is 25.5 Å². The predicted molar refractivity (Wildman–Crippen MR) is 151 cm³/mol. The van der Waals surface area contributed by atoms with Gasteiger partial charge in [0.15, 0.2) is 0 Å². The molecule has 0 fully saturated rings. The fourth-order valence-electron chi connectivity index (χ4n) is 5.88. The number of nitrogens with two attached hydrogens (primary N) is 1. The number of hydrogen-bond acceptors (Lipinski definition) is 6. The molecule has 1 aliphatic carbocycles. The maximum absolute atomic E-state index is 15.3. The summed E-state index contributed by atoms with van der Waals surface area (Å²) in [5.74, 6) is 0.741. The molecule has 2 N–H and O–H groups in total. The van der Waals surface area contributed by atoms with Crippen molar-refractivity contribution in [2.75, 3.05) is 20.8 Å². The Morgan fingerprint density at radius 3 is 2.64 bits per heavy atom. The first kappa shape index (κ1) is 26.5. The van der Waals surface area contributed by atoms with Gasteiger partial charge in [0.05, 0.1) is 20.1 Å². The topological polar surface area (TPSA) is 83.1 Å². The highest BCUT2D eigenvalue weighted by atomic mass is 19.1. The molecule has 0 saturated heterocycles. The van der Waals surface area contributed by atoms with Crippen molar-refractivity contribution < 1.29 is 23.4 Å². The van der Waals surface area contributed by atoms with E-state index in [2.05, 4.69) is 31.0 Å². The van der Waals surface area contributed by atoms with E-state index in [9.17, 15) is 4.79 Å². The fraction of sp³-hybridized carbons (Fsp3) is 0.312. The first-order chi connectivity index (χ1) is 18.8. The molecular formula is C32H33FN2O4. The Bertz CT molecular complexity index is 1470. The van der Waals surface area contributed by atoms with E-state index in [1.165, 1.54) is 7.11 Å². The van der Waals surface area contributed by atoms with Gasteiger partial charge in [-0.1, -0.05) is 24.3 Å². The van der Waals surface area contributed by atoms with Crippen LogP contribution in [0.5, 0.6) is 11.5 Å². The smallest absolute Gasteiger partial charge is 0.306 e. The number of allylic oxidation sites excluding steroid dienone is 1. The Labute approximate surface area is 228 Å². The lowest BCUT2D eigenvalue weighted by molar-refractivity contribution is -0.141. The van der Waals surface area contributed by atoms with Gasteiger partial charge in [-0.2, -0.15) is 0 Å². The van der Waals surface area contributed by atoms with Crippen LogP contribution in [0, 0.1) is 19.7 Å². The van der Waals surface area contributed by atoms with Crippen molar-refractivity contribution in [3.05, 3.63) is 87.9 Å². The van der Waals surface area contributed by atoms with E-state index in [1.807, 2.05) is 24.3 Å². The highest BCUT2D eigenvalue weighted by molar-refractivity contribution is 6.09. The van der Waals surface area contributed by atoms with Crippen molar-refractivity contribution in [2.45, 2.75) is 45.1 Å². The minimum atomic E-state index is -0.405. The van der Waals surface area contributed by atoms with Gasteiger partial charge in [0.1, 0.15) is 23.4 Å². The second-order valence-electron chi connectivity index (χ2n) is 10.1. The van der Waals surface area contributed by atoms with E-state index < -0.39 is 6.10 Å². The highest BCUT2D eigenvalue weighted by Gasteiger charge is 2.32. The Morgan fingerprint density at radius 2 is 1.95 bits per heavy atom. The number of benzene rings is 3. The Hall–Kier alpha value is -4.13. The third-order valence-electron chi connectivity index (χ3n) is 7.65. The van der Waals surface area contributed by atoms with Crippen LogP contribution in [0.1, 0.15) is 58.2 Å². The van der Waals surface area contributed by atoms with Crippen molar-refractivity contribution in [3.63, 3.8) is 0 Å². The van der Waals surface area contributed by atoms with Crippen molar-refractivity contribution in [3.8, 4) is 22.6 Å². The van der Waals surface area contributed by atoms with Crippen molar-refractivity contribution >= 4 is 17.8 Å². The first-order valence-corrected chi connectivity index (χ1v) is 13.1. The Morgan fingerprint density at radius 1 is 1.18 bits per heavy atom. The summed E-state index contributed by atoms with van der Waals surface area (Å²) < 4.78 is 32.3. The van der Waals surface area contributed by atoms with Gasteiger partial charge in [-0.05, 0) is 72.2 Å². The van der Waals surface area contributed by atoms with E-state index >= 15 is 4.39 Å². The summed E-state index contributed by atoms with van der Waals surface area (Å²) in [6.45, 7) is 4.56. The normalized spacial score (nSPS) is 18.1. The predicted octanol–water partition coefficient (Wildman–Crippen LogP) is 6.22. The van der Waals surface area contributed by atoms with Gasteiger partial charge in [-0.25, -0.2) is 4.39 Å². The zero-order chi connectivity index (χ0) is 27.7. The highest BCUT2D eigenvalue weighted by Crippen LogP contribution is 2.45. The molecule has 202 valence electrons. The lowest BCUT2D eigenvalue weighted by atomic mass is 9.88. The molecular weight excluding hydrogens is 495 g/mol. The van der Waals surface area contributed by atoms with Crippen LogP contribution in [0.25, 0.3) is 16.7 Å². The third kappa shape index (κ3) is 5.01. The first-order valence-electron chi connectivity index (χ1n) is 13.1. The standard InChI is InChI=1S/C32H33FN2O4/c1-18-11-20(22(15-34)16-35-3)12-19(2)31(18)25-7-9-27(33)32-26(25)8-10-28(32)39-23-5-6-24-21(13-30(36)37-4)17-38-29(24)14-23/h5-7,9,11-12,14-16,21,28H,8,10,13,17,34H2,1-4H3/b22-15+,35-16?/t21-,28-/m1/s1. The molecule has 0 saturated carbocycles.